The van der Waals surface area contributed by atoms with E-state index in [9.17, 15) is 14.4 Å². The molecular formula is C17H21Cl2N3O3. The molecule has 0 aliphatic carbocycles. The summed E-state index contributed by atoms with van der Waals surface area (Å²) in [5.74, 6) is -0.761. The molecule has 8 heteroatoms. The Hall–Kier alpha value is -1.79. The average Bonchev–Trinajstić information content (AvgIpc) is 2.60. The second-order valence-electron chi connectivity index (χ2n) is 5.85. The molecule has 6 nitrogen and oxygen atoms in total. The van der Waals surface area contributed by atoms with Crippen LogP contribution in [0.1, 0.15) is 36.0 Å². The molecule has 2 N–H and O–H groups in total. The van der Waals surface area contributed by atoms with Crippen LogP contribution in [0.15, 0.2) is 18.2 Å². The monoisotopic (exact) mass is 385 g/mol. The summed E-state index contributed by atoms with van der Waals surface area (Å²) >= 11 is 11.7. The Morgan fingerprint density at radius 3 is 2.44 bits per heavy atom. The molecule has 0 unspecified atom stereocenters. The zero-order chi connectivity index (χ0) is 18.2. The Kier molecular flexibility index (Phi) is 7.52. The lowest BCUT2D eigenvalue weighted by molar-refractivity contribution is -0.132. The molecular weight excluding hydrogens is 365 g/mol. The number of nitrogens with zero attached hydrogens (tertiary/aromatic N) is 1. The molecule has 1 heterocycles. The smallest absolute Gasteiger partial charge is 0.253 e. The number of likely N-dealkylation sites (tertiary alicyclic amines) is 1. The summed E-state index contributed by atoms with van der Waals surface area (Å²) in [6.07, 6.45) is 3.51. The van der Waals surface area contributed by atoms with Crippen molar-refractivity contribution in [3.8, 4) is 0 Å². The van der Waals surface area contributed by atoms with E-state index in [0.29, 0.717) is 5.02 Å². The predicted octanol–water partition coefficient (Wildman–Crippen LogP) is 2.24. The van der Waals surface area contributed by atoms with Gasteiger partial charge in [-0.15, -0.1) is 0 Å². The first-order chi connectivity index (χ1) is 12.0. The van der Waals surface area contributed by atoms with Crippen molar-refractivity contribution in [1.29, 1.82) is 0 Å². The van der Waals surface area contributed by atoms with Crippen molar-refractivity contribution >= 4 is 40.9 Å². The zero-order valence-electron chi connectivity index (χ0n) is 13.8. The van der Waals surface area contributed by atoms with Gasteiger partial charge in [0.25, 0.3) is 5.91 Å². The van der Waals surface area contributed by atoms with Crippen molar-refractivity contribution in [1.82, 2.24) is 15.5 Å². The molecule has 1 aromatic carbocycles. The molecule has 0 bridgehead atoms. The Morgan fingerprint density at radius 2 is 1.76 bits per heavy atom. The van der Waals surface area contributed by atoms with Crippen molar-refractivity contribution in [3.05, 3.63) is 33.8 Å². The number of benzene rings is 1. The third-order valence-corrected chi connectivity index (χ3v) is 4.50. The minimum atomic E-state index is -0.457. The van der Waals surface area contributed by atoms with Crippen molar-refractivity contribution < 1.29 is 14.4 Å². The Morgan fingerprint density at radius 1 is 1.04 bits per heavy atom. The molecule has 0 saturated carbocycles. The van der Waals surface area contributed by atoms with Crippen molar-refractivity contribution in [2.45, 2.75) is 25.7 Å². The molecule has 0 spiro atoms. The molecule has 25 heavy (non-hydrogen) atoms. The van der Waals surface area contributed by atoms with Crippen LogP contribution >= 0.6 is 23.2 Å². The first-order valence-electron chi connectivity index (χ1n) is 8.25. The number of carbonyl (C=O) groups excluding carboxylic acids is 3. The van der Waals surface area contributed by atoms with Crippen molar-refractivity contribution in [3.63, 3.8) is 0 Å². The van der Waals surface area contributed by atoms with Crippen molar-refractivity contribution in [2.24, 2.45) is 0 Å². The number of rotatable bonds is 6. The fourth-order valence-corrected chi connectivity index (χ4v) is 3.10. The van der Waals surface area contributed by atoms with Crippen LogP contribution in [0.2, 0.25) is 10.0 Å². The van der Waals surface area contributed by atoms with Crippen LogP contribution in [0.25, 0.3) is 0 Å². The maximum absolute atomic E-state index is 12.0. The summed E-state index contributed by atoms with van der Waals surface area (Å²) in [7, 11) is 0. The van der Waals surface area contributed by atoms with Crippen LogP contribution in [0, 0.1) is 0 Å². The summed E-state index contributed by atoms with van der Waals surface area (Å²) in [5, 5.41) is 5.76. The van der Waals surface area contributed by atoms with E-state index < -0.39 is 5.91 Å². The number of hydrogen-bond donors (Lipinski definition) is 2. The summed E-state index contributed by atoms with van der Waals surface area (Å²) in [5.41, 5.74) is 0.249. The van der Waals surface area contributed by atoms with Gasteiger partial charge in [-0.1, -0.05) is 23.2 Å². The number of halogens is 2. The van der Waals surface area contributed by atoms with Gasteiger partial charge in [0.2, 0.25) is 11.8 Å². The molecule has 1 aliphatic heterocycles. The van der Waals surface area contributed by atoms with Crippen LogP contribution in [0.4, 0.5) is 0 Å². The number of carbonyl (C=O) groups is 3. The van der Waals surface area contributed by atoms with Gasteiger partial charge in [-0.05, 0) is 37.5 Å². The molecule has 1 aliphatic rings. The highest BCUT2D eigenvalue weighted by atomic mass is 35.5. The van der Waals surface area contributed by atoms with Gasteiger partial charge in [0.15, 0.2) is 0 Å². The Labute approximate surface area is 156 Å². The van der Waals surface area contributed by atoms with Crippen molar-refractivity contribution in [2.75, 3.05) is 26.2 Å². The van der Waals surface area contributed by atoms with Gasteiger partial charge in [-0.3, -0.25) is 14.4 Å². The summed E-state index contributed by atoms with van der Waals surface area (Å²) < 4.78 is 0. The number of hydrogen-bond acceptors (Lipinski definition) is 3. The molecule has 0 atom stereocenters. The quantitative estimate of drug-likeness (QED) is 0.787. The second kappa shape index (κ2) is 9.63. The minimum absolute atomic E-state index is 0.0528. The van der Waals surface area contributed by atoms with E-state index in [1.807, 2.05) is 4.90 Å². The van der Waals surface area contributed by atoms with Gasteiger partial charge in [-0.25, -0.2) is 0 Å². The first-order valence-corrected chi connectivity index (χ1v) is 9.00. The predicted molar refractivity (Wildman–Crippen MR) is 96.9 cm³/mol. The van der Waals surface area contributed by atoms with E-state index in [1.165, 1.54) is 12.1 Å². The third kappa shape index (κ3) is 6.21. The molecule has 0 aromatic heterocycles. The lowest BCUT2D eigenvalue weighted by Gasteiger charge is -2.26. The standard InChI is InChI=1S/C17H21Cl2N3O3/c18-12-4-5-13(14(19)10-12)17(25)21-11-15(23)20-7-6-16(24)22-8-2-1-3-9-22/h4-5,10H,1-3,6-9,11H2,(H,20,23)(H,21,25). The molecule has 1 fully saturated rings. The lowest BCUT2D eigenvalue weighted by Crippen LogP contribution is -2.40. The number of amides is 3. The van der Waals surface area contributed by atoms with Gasteiger partial charge < -0.3 is 15.5 Å². The largest absolute Gasteiger partial charge is 0.354 e. The molecule has 0 radical (unpaired) electrons. The number of nitrogens with one attached hydrogen (secondary N) is 2. The Bertz CT molecular complexity index is 646. The van der Waals surface area contributed by atoms with Crippen LogP contribution in [-0.4, -0.2) is 48.8 Å². The van der Waals surface area contributed by atoms with Gasteiger partial charge in [0.05, 0.1) is 17.1 Å². The van der Waals surface area contributed by atoms with Crippen LogP contribution in [-0.2, 0) is 9.59 Å². The molecule has 1 aromatic rings. The first kappa shape index (κ1) is 19.5. The SMILES string of the molecule is O=C(CNC(=O)c1ccc(Cl)cc1Cl)NCCC(=O)N1CCCCC1. The van der Waals surface area contributed by atoms with Crippen LogP contribution in [0.5, 0.6) is 0 Å². The summed E-state index contributed by atoms with van der Waals surface area (Å²) in [6.45, 7) is 1.66. The van der Waals surface area contributed by atoms with Gasteiger partial charge in [-0.2, -0.15) is 0 Å². The lowest BCUT2D eigenvalue weighted by atomic mass is 10.1. The minimum Gasteiger partial charge on any atom is -0.354 e. The summed E-state index contributed by atoms with van der Waals surface area (Å²) in [6, 6.07) is 4.51. The molecule has 1 saturated heterocycles. The molecule has 2 rings (SSSR count). The highest BCUT2D eigenvalue weighted by Crippen LogP contribution is 2.20. The molecule has 3 amide bonds. The van der Waals surface area contributed by atoms with Crippen LogP contribution in [0.3, 0.4) is 0 Å². The normalized spacial score (nSPS) is 14.1. The average molecular weight is 386 g/mol. The Balaban J connectivity index is 1.68. The van der Waals surface area contributed by atoms with E-state index in [2.05, 4.69) is 10.6 Å². The van der Waals surface area contributed by atoms with E-state index in [4.69, 9.17) is 23.2 Å². The van der Waals surface area contributed by atoms with Crippen LogP contribution < -0.4 is 10.6 Å². The maximum Gasteiger partial charge on any atom is 0.253 e. The third-order valence-electron chi connectivity index (χ3n) is 3.96. The van der Waals surface area contributed by atoms with Gasteiger partial charge in [0, 0.05) is 31.1 Å². The second-order valence-corrected chi connectivity index (χ2v) is 6.69. The fourth-order valence-electron chi connectivity index (χ4n) is 2.60. The topological polar surface area (TPSA) is 78.5 Å². The fraction of sp³-hybridized carbons (Fsp3) is 0.471. The maximum atomic E-state index is 12.0. The van der Waals surface area contributed by atoms with Gasteiger partial charge >= 0.3 is 0 Å². The summed E-state index contributed by atoms with van der Waals surface area (Å²) in [4.78, 5) is 37.6. The van der Waals surface area contributed by atoms with E-state index in [1.54, 1.807) is 6.07 Å². The zero-order valence-corrected chi connectivity index (χ0v) is 15.3. The van der Waals surface area contributed by atoms with E-state index in [0.717, 1.165) is 32.4 Å². The molecule has 136 valence electrons. The van der Waals surface area contributed by atoms with E-state index in [-0.39, 0.29) is 41.9 Å². The highest BCUT2D eigenvalue weighted by molar-refractivity contribution is 6.36. The highest BCUT2D eigenvalue weighted by Gasteiger charge is 2.16. The van der Waals surface area contributed by atoms with E-state index >= 15 is 0 Å². The number of piperidine rings is 1. The van der Waals surface area contributed by atoms with Gasteiger partial charge in [0.1, 0.15) is 0 Å².